The van der Waals surface area contributed by atoms with Gasteiger partial charge in [-0.15, -0.1) is 0 Å². The number of ether oxygens (including phenoxy) is 2. The van der Waals surface area contributed by atoms with Gasteiger partial charge in [0, 0.05) is 18.2 Å². The second kappa shape index (κ2) is 13.8. The van der Waals surface area contributed by atoms with Gasteiger partial charge in [0.1, 0.15) is 23.7 Å². The molecule has 14 heteroatoms. The van der Waals surface area contributed by atoms with Crippen LogP contribution in [0.1, 0.15) is 91.0 Å². The van der Waals surface area contributed by atoms with Crippen LogP contribution in [0.4, 0.5) is 4.79 Å². The lowest BCUT2D eigenvalue weighted by Gasteiger charge is -2.35. The molecule has 5 atom stereocenters. The van der Waals surface area contributed by atoms with Crippen LogP contribution in [-0.2, 0) is 29.1 Å². The standard InChI is InChI=1S/C33H47N5O8S/c1-5-22-19-33(22,30(41)37-47(43,44)24-14-15-24)36-27(39)25-18-23-20-38(25)29(40)26(32(2,3)4)35-31(42)45-17-10-8-6-7-9-12-21-13-11-16-34-28(21)46-23/h9,11-13,16,22-26H,5-8,10,14-15,17-20H2,1-4H3,(H,35,42)(H,36,39)(H,37,41)/b12-9+/t22-,23+,25-,26+,33+/m0/s1. The molecule has 2 saturated carbocycles. The number of cyclic esters (lactones) is 1. The van der Waals surface area contributed by atoms with Crippen LogP contribution in [0, 0.1) is 11.3 Å². The Morgan fingerprint density at radius 1 is 1.17 bits per heavy atom. The molecule has 1 aromatic heterocycles. The molecular weight excluding hydrogens is 626 g/mol. The zero-order valence-corrected chi connectivity index (χ0v) is 28.4. The summed E-state index contributed by atoms with van der Waals surface area (Å²) in [5.74, 6) is -1.75. The van der Waals surface area contributed by atoms with E-state index in [4.69, 9.17) is 9.47 Å². The van der Waals surface area contributed by atoms with Gasteiger partial charge >= 0.3 is 6.09 Å². The molecule has 2 bridgehead atoms. The normalized spacial score (nSPS) is 29.6. The summed E-state index contributed by atoms with van der Waals surface area (Å²) in [5.41, 5.74) is -1.39. The summed E-state index contributed by atoms with van der Waals surface area (Å²) < 4.78 is 39.2. The molecule has 1 aromatic rings. The lowest BCUT2D eigenvalue weighted by Crippen LogP contribution is -2.60. The predicted molar refractivity (Wildman–Crippen MR) is 173 cm³/mol. The third-order valence-electron chi connectivity index (χ3n) is 9.40. The van der Waals surface area contributed by atoms with E-state index in [1.54, 1.807) is 12.3 Å². The monoisotopic (exact) mass is 673 g/mol. The first-order chi connectivity index (χ1) is 22.2. The highest BCUT2D eigenvalue weighted by atomic mass is 32.2. The lowest BCUT2D eigenvalue weighted by molar-refractivity contribution is -0.143. The van der Waals surface area contributed by atoms with Gasteiger partial charge in [-0.05, 0) is 68.4 Å². The van der Waals surface area contributed by atoms with Gasteiger partial charge in [-0.25, -0.2) is 18.2 Å². The van der Waals surface area contributed by atoms with E-state index in [-0.39, 0.29) is 31.9 Å². The van der Waals surface area contributed by atoms with E-state index in [0.717, 1.165) is 24.8 Å². The Kier molecular flexibility index (Phi) is 10.2. The van der Waals surface area contributed by atoms with Crippen LogP contribution in [-0.4, -0.2) is 84.2 Å². The number of fused-ring (bicyclic) bond motifs is 3. The van der Waals surface area contributed by atoms with Gasteiger partial charge in [-0.1, -0.05) is 46.3 Å². The van der Waals surface area contributed by atoms with Crippen molar-refractivity contribution in [2.75, 3.05) is 13.2 Å². The highest BCUT2D eigenvalue weighted by molar-refractivity contribution is 7.91. The largest absolute Gasteiger partial charge is 0.472 e. The first-order valence-electron chi connectivity index (χ1n) is 16.6. The zero-order valence-electron chi connectivity index (χ0n) is 27.6. The third kappa shape index (κ3) is 8.07. The topological polar surface area (TPSA) is 173 Å². The maximum Gasteiger partial charge on any atom is 0.407 e. The summed E-state index contributed by atoms with van der Waals surface area (Å²) in [6, 6.07) is 1.58. The number of nitrogens with zero attached hydrogens (tertiary/aromatic N) is 2. The summed E-state index contributed by atoms with van der Waals surface area (Å²) in [5, 5.41) is 4.98. The average Bonchev–Trinajstić information content (AvgIpc) is 3.93. The second-order valence-electron chi connectivity index (χ2n) is 14.2. The maximum absolute atomic E-state index is 14.3. The predicted octanol–water partition coefficient (Wildman–Crippen LogP) is 3.05. The fourth-order valence-electron chi connectivity index (χ4n) is 6.35. The van der Waals surface area contributed by atoms with Crippen molar-refractivity contribution < 1.29 is 37.1 Å². The smallest absolute Gasteiger partial charge is 0.407 e. The molecule has 3 fully saturated rings. The van der Waals surface area contributed by atoms with Crippen molar-refractivity contribution in [1.82, 2.24) is 25.2 Å². The maximum atomic E-state index is 14.3. The number of carbonyl (C=O) groups is 4. The van der Waals surface area contributed by atoms with E-state index in [9.17, 15) is 27.6 Å². The Labute approximate surface area is 276 Å². The molecule has 2 aliphatic carbocycles. The number of hydrogen-bond acceptors (Lipinski definition) is 9. The third-order valence-corrected chi connectivity index (χ3v) is 11.2. The van der Waals surface area contributed by atoms with Crippen molar-refractivity contribution in [3.63, 3.8) is 0 Å². The molecule has 0 aromatic carbocycles. The van der Waals surface area contributed by atoms with Gasteiger partial charge in [0.2, 0.25) is 27.7 Å². The number of allylic oxidation sites excluding steroid dienone is 1. The number of carbonyl (C=O) groups excluding carboxylic acids is 4. The van der Waals surface area contributed by atoms with Gasteiger partial charge < -0.3 is 25.0 Å². The molecule has 0 spiro atoms. The molecule has 258 valence electrons. The first kappa shape index (κ1) is 34.6. The van der Waals surface area contributed by atoms with Crippen molar-refractivity contribution in [1.29, 1.82) is 0 Å². The molecule has 2 aliphatic heterocycles. The highest BCUT2D eigenvalue weighted by Crippen LogP contribution is 2.47. The van der Waals surface area contributed by atoms with Crippen molar-refractivity contribution in [3.8, 4) is 5.88 Å². The Morgan fingerprint density at radius 3 is 2.62 bits per heavy atom. The van der Waals surface area contributed by atoms with Crippen molar-refractivity contribution >= 4 is 39.9 Å². The number of nitrogens with one attached hydrogen (secondary N) is 3. The Hall–Kier alpha value is -3.68. The van der Waals surface area contributed by atoms with E-state index in [1.165, 1.54) is 4.90 Å². The van der Waals surface area contributed by atoms with E-state index < -0.39 is 68.2 Å². The summed E-state index contributed by atoms with van der Waals surface area (Å²) in [7, 11) is -3.84. The molecule has 3 heterocycles. The second-order valence-corrected chi connectivity index (χ2v) is 16.1. The zero-order chi connectivity index (χ0) is 34.0. The molecule has 0 radical (unpaired) electrons. The Bertz CT molecular complexity index is 1500. The molecule has 5 rings (SSSR count). The minimum absolute atomic E-state index is 0.0203. The molecule has 13 nitrogen and oxygen atoms in total. The van der Waals surface area contributed by atoms with Crippen LogP contribution < -0.4 is 20.1 Å². The van der Waals surface area contributed by atoms with Gasteiger partial charge in [-0.3, -0.25) is 19.1 Å². The number of rotatable bonds is 6. The average molecular weight is 674 g/mol. The summed E-state index contributed by atoms with van der Waals surface area (Å²) >= 11 is 0. The Balaban J connectivity index is 1.44. The van der Waals surface area contributed by atoms with Crippen LogP contribution in [0.25, 0.3) is 6.08 Å². The van der Waals surface area contributed by atoms with E-state index in [2.05, 4.69) is 20.3 Å². The number of alkyl carbamates (subject to hydrolysis) is 1. The van der Waals surface area contributed by atoms with E-state index >= 15 is 0 Å². The fourth-order valence-corrected chi connectivity index (χ4v) is 7.71. The molecule has 4 amide bonds. The van der Waals surface area contributed by atoms with Crippen molar-refractivity contribution in [3.05, 3.63) is 30.0 Å². The molecular formula is C33H47N5O8S. The van der Waals surface area contributed by atoms with Crippen LogP contribution in [0.2, 0.25) is 0 Å². The number of amides is 4. The van der Waals surface area contributed by atoms with Crippen molar-refractivity contribution in [2.45, 2.75) is 114 Å². The number of aromatic nitrogens is 1. The molecule has 4 aliphatic rings. The Morgan fingerprint density at radius 2 is 1.94 bits per heavy atom. The van der Waals surface area contributed by atoms with E-state index in [1.807, 2.05) is 45.9 Å². The number of pyridine rings is 1. The number of sulfonamides is 1. The summed E-state index contributed by atoms with van der Waals surface area (Å²) in [6.07, 6.45) is 9.36. The first-order valence-corrected chi connectivity index (χ1v) is 18.2. The SMILES string of the molecule is CC[C@H]1C[C@]1(NC(=O)[C@@H]1C[C@@H]2CN1C(=O)[C@H](C(C)(C)C)NC(=O)OCCCCC/C=C/c1cccnc1O2)C(=O)NS(=O)(=O)C1CC1. The molecule has 47 heavy (non-hydrogen) atoms. The molecule has 3 N–H and O–H groups in total. The molecule has 1 saturated heterocycles. The van der Waals surface area contributed by atoms with Crippen LogP contribution in [0.5, 0.6) is 5.88 Å². The van der Waals surface area contributed by atoms with Gasteiger partial charge in [-0.2, -0.15) is 0 Å². The van der Waals surface area contributed by atoms with Crippen molar-refractivity contribution in [2.24, 2.45) is 11.3 Å². The summed E-state index contributed by atoms with van der Waals surface area (Å²) in [4.78, 5) is 60.4. The fraction of sp³-hybridized carbons (Fsp3) is 0.667. The molecule has 0 unspecified atom stereocenters. The van der Waals surface area contributed by atoms with Crippen LogP contribution in [0.3, 0.4) is 0 Å². The van der Waals surface area contributed by atoms with Gasteiger partial charge in [0.15, 0.2) is 0 Å². The number of hydrogen-bond donors (Lipinski definition) is 3. The van der Waals surface area contributed by atoms with Crippen LogP contribution >= 0.6 is 0 Å². The highest BCUT2D eigenvalue weighted by Gasteiger charge is 2.62. The van der Waals surface area contributed by atoms with Gasteiger partial charge in [0.25, 0.3) is 5.91 Å². The minimum atomic E-state index is -3.84. The lowest BCUT2D eigenvalue weighted by atomic mass is 9.85. The van der Waals surface area contributed by atoms with Crippen LogP contribution in [0.15, 0.2) is 24.4 Å². The summed E-state index contributed by atoms with van der Waals surface area (Å²) in [6.45, 7) is 7.52. The van der Waals surface area contributed by atoms with Gasteiger partial charge in [0.05, 0.1) is 18.4 Å². The minimum Gasteiger partial charge on any atom is -0.472 e. The van der Waals surface area contributed by atoms with E-state index in [0.29, 0.717) is 31.6 Å². The quantitative estimate of drug-likeness (QED) is 0.410.